The molecule has 4 nitrogen and oxygen atoms in total. The largest absolute Gasteiger partial charge is 0.498 e. The Kier molecular flexibility index (Phi) is 5.59. The first-order valence-corrected chi connectivity index (χ1v) is 4.22. The number of allylic oxidation sites excluding steroid dienone is 2. The molecule has 0 aliphatic rings. The van der Waals surface area contributed by atoms with Crippen molar-refractivity contribution in [3.05, 3.63) is 23.4 Å². The average molecular weight is 186 g/mol. The first-order chi connectivity index (χ1) is 6.11. The molecule has 0 heterocycles. The maximum Gasteiger partial charge on any atom is 0.160 e. The van der Waals surface area contributed by atoms with Crippen LogP contribution in [0.3, 0.4) is 0 Å². The predicted molar refractivity (Wildman–Crippen MR) is 52.4 cm³/mol. The Labute approximate surface area is 79.2 Å². The highest BCUT2D eigenvalue weighted by Gasteiger charge is 2.00. The Bertz CT molecular complexity index is 206. The average Bonchev–Trinajstić information content (AvgIpc) is 2.10. The summed E-state index contributed by atoms with van der Waals surface area (Å²) < 4.78 is 10.4. The van der Waals surface area contributed by atoms with E-state index in [1.807, 2.05) is 6.92 Å². The maximum atomic E-state index is 5.37. The van der Waals surface area contributed by atoms with E-state index in [0.29, 0.717) is 18.1 Å². The number of nitrogens with two attached hydrogens (primary N) is 2. The monoisotopic (exact) mass is 186 g/mol. The molecule has 4 N–H and O–H groups in total. The van der Waals surface area contributed by atoms with Gasteiger partial charge >= 0.3 is 0 Å². The van der Waals surface area contributed by atoms with Crippen molar-refractivity contribution < 1.29 is 9.47 Å². The molecule has 0 saturated heterocycles. The zero-order valence-corrected chi connectivity index (χ0v) is 8.46. The highest BCUT2D eigenvalue weighted by molar-refractivity contribution is 5.17. The van der Waals surface area contributed by atoms with Gasteiger partial charge in [0.05, 0.1) is 19.5 Å². The molecule has 0 aromatic carbocycles. The van der Waals surface area contributed by atoms with Gasteiger partial charge in [-0.1, -0.05) is 6.92 Å². The van der Waals surface area contributed by atoms with Gasteiger partial charge < -0.3 is 20.9 Å². The molecule has 0 atom stereocenters. The van der Waals surface area contributed by atoms with Crippen LogP contribution in [0.4, 0.5) is 0 Å². The second kappa shape index (κ2) is 6.22. The van der Waals surface area contributed by atoms with E-state index in [-0.39, 0.29) is 5.82 Å². The van der Waals surface area contributed by atoms with Crippen LogP contribution in [-0.4, -0.2) is 13.7 Å². The molecule has 0 rings (SSSR count). The number of rotatable bonds is 5. The summed E-state index contributed by atoms with van der Waals surface area (Å²) >= 11 is 0. The molecule has 0 amide bonds. The van der Waals surface area contributed by atoms with Crippen molar-refractivity contribution in [1.82, 2.24) is 0 Å². The van der Waals surface area contributed by atoms with Gasteiger partial charge in [0, 0.05) is 6.08 Å². The molecule has 0 bridgehead atoms. The van der Waals surface area contributed by atoms with E-state index in [1.54, 1.807) is 20.1 Å². The number of hydrogen-bond donors (Lipinski definition) is 2. The van der Waals surface area contributed by atoms with Gasteiger partial charge in [0.25, 0.3) is 0 Å². The standard InChI is InChI=1S/C9H18N2O2/c1-4-5-13-8(6-9(10)11)7(2)12-3/h6H,4-5,10-11H2,1-3H3/b8-7-. The van der Waals surface area contributed by atoms with Crippen molar-refractivity contribution in [3.8, 4) is 0 Å². The summed E-state index contributed by atoms with van der Waals surface area (Å²) in [6.07, 6.45) is 2.48. The quantitative estimate of drug-likeness (QED) is 0.497. The molecule has 0 aliphatic heterocycles. The minimum Gasteiger partial charge on any atom is -0.498 e. The SMILES string of the molecule is CCCO/C(C=C(N)N)=C(/C)OC. The highest BCUT2D eigenvalue weighted by atomic mass is 16.5. The van der Waals surface area contributed by atoms with Crippen molar-refractivity contribution in [2.75, 3.05) is 13.7 Å². The van der Waals surface area contributed by atoms with Gasteiger partial charge in [0.15, 0.2) is 5.76 Å². The van der Waals surface area contributed by atoms with Crippen LogP contribution in [0.2, 0.25) is 0 Å². The van der Waals surface area contributed by atoms with E-state index in [2.05, 4.69) is 0 Å². The fourth-order valence-corrected chi connectivity index (χ4v) is 0.709. The zero-order valence-electron chi connectivity index (χ0n) is 8.46. The molecule has 13 heavy (non-hydrogen) atoms. The van der Waals surface area contributed by atoms with Crippen LogP contribution in [0, 0.1) is 0 Å². The fraction of sp³-hybridized carbons (Fsp3) is 0.556. The van der Waals surface area contributed by atoms with Gasteiger partial charge in [-0.25, -0.2) is 0 Å². The van der Waals surface area contributed by atoms with E-state index >= 15 is 0 Å². The van der Waals surface area contributed by atoms with Crippen molar-refractivity contribution in [2.24, 2.45) is 11.5 Å². The molecule has 0 aromatic heterocycles. The van der Waals surface area contributed by atoms with Crippen LogP contribution >= 0.6 is 0 Å². The molecule has 0 aromatic rings. The highest BCUT2D eigenvalue weighted by Crippen LogP contribution is 2.08. The second-order valence-corrected chi connectivity index (χ2v) is 2.62. The van der Waals surface area contributed by atoms with Crippen molar-refractivity contribution >= 4 is 0 Å². The van der Waals surface area contributed by atoms with Crippen LogP contribution in [0.1, 0.15) is 20.3 Å². The Morgan fingerprint density at radius 1 is 1.38 bits per heavy atom. The summed E-state index contributed by atoms with van der Waals surface area (Å²) in [6, 6.07) is 0. The maximum absolute atomic E-state index is 5.37. The molecule has 0 spiro atoms. The summed E-state index contributed by atoms with van der Waals surface area (Å²) in [7, 11) is 1.57. The molecule has 0 saturated carbocycles. The normalized spacial score (nSPS) is 11.6. The van der Waals surface area contributed by atoms with Crippen molar-refractivity contribution in [1.29, 1.82) is 0 Å². The summed E-state index contributed by atoms with van der Waals surface area (Å²) in [5, 5.41) is 0. The van der Waals surface area contributed by atoms with Crippen LogP contribution in [0.25, 0.3) is 0 Å². The minimum atomic E-state index is 0.211. The lowest BCUT2D eigenvalue weighted by atomic mass is 10.4. The number of ether oxygens (including phenoxy) is 2. The van der Waals surface area contributed by atoms with E-state index in [4.69, 9.17) is 20.9 Å². The van der Waals surface area contributed by atoms with Crippen molar-refractivity contribution in [2.45, 2.75) is 20.3 Å². The van der Waals surface area contributed by atoms with Gasteiger partial charge in [-0.15, -0.1) is 0 Å². The third-order valence-corrected chi connectivity index (χ3v) is 1.41. The van der Waals surface area contributed by atoms with E-state index < -0.39 is 0 Å². The molecule has 0 fully saturated rings. The van der Waals surface area contributed by atoms with E-state index in [1.165, 1.54) is 0 Å². The van der Waals surface area contributed by atoms with Crippen LogP contribution in [-0.2, 0) is 9.47 Å². The van der Waals surface area contributed by atoms with E-state index in [0.717, 1.165) is 6.42 Å². The molecule has 0 radical (unpaired) electrons. The summed E-state index contributed by atoms with van der Waals surface area (Å²) in [5.41, 5.74) is 10.7. The lowest BCUT2D eigenvalue weighted by Gasteiger charge is -2.09. The van der Waals surface area contributed by atoms with Gasteiger partial charge in [0.1, 0.15) is 5.76 Å². The molecule has 0 aliphatic carbocycles. The van der Waals surface area contributed by atoms with Crippen LogP contribution in [0.5, 0.6) is 0 Å². The van der Waals surface area contributed by atoms with Gasteiger partial charge in [0.2, 0.25) is 0 Å². The van der Waals surface area contributed by atoms with Gasteiger partial charge in [-0.2, -0.15) is 0 Å². The van der Waals surface area contributed by atoms with Crippen molar-refractivity contribution in [3.63, 3.8) is 0 Å². The predicted octanol–water partition coefficient (Wildman–Crippen LogP) is 1.05. The Hall–Kier alpha value is -1.32. The molecule has 4 heteroatoms. The van der Waals surface area contributed by atoms with E-state index in [9.17, 15) is 0 Å². The lowest BCUT2D eigenvalue weighted by molar-refractivity contribution is 0.188. The second-order valence-electron chi connectivity index (χ2n) is 2.62. The fourth-order valence-electron chi connectivity index (χ4n) is 0.709. The molecular weight excluding hydrogens is 168 g/mol. The summed E-state index contributed by atoms with van der Waals surface area (Å²) in [5.74, 6) is 1.47. The topological polar surface area (TPSA) is 70.5 Å². The summed E-state index contributed by atoms with van der Waals surface area (Å²) in [4.78, 5) is 0. The first kappa shape index (κ1) is 11.7. The number of hydrogen-bond acceptors (Lipinski definition) is 4. The minimum absolute atomic E-state index is 0.211. The molecular formula is C9H18N2O2. The third-order valence-electron chi connectivity index (χ3n) is 1.41. The number of methoxy groups -OCH3 is 1. The van der Waals surface area contributed by atoms with Gasteiger partial charge in [-0.05, 0) is 13.3 Å². The Balaban J connectivity index is 4.46. The third kappa shape index (κ3) is 5.00. The summed E-state index contributed by atoms with van der Waals surface area (Å²) in [6.45, 7) is 4.44. The smallest absolute Gasteiger partial charge is 0.160 e. The van der Waals surface area contributed by atoms with Gasteiger partial charge in [-0.3, -0.25) is 0 Å². The Morgan fingerprint density at radius 3 is 2.38 bits per heavy atom. The molecule has 0 unspecified atom stereocenters. The first-order valence-electron chi connectivity index (χ1n) is 4.22. The zero-order chi connectivity index (χ0) is 10.3. The Morgan fingerprint density at radius 2 is 2.00 bits per heavy atom. The lowest BCUT2D eigenvalue weighted by Crippen LogP contribution is -2.09. The van der Waals surface area contributed by atoms with Crippen LogP contribution in [0.15, 0.2) is 23.4 Å². The van der Waals surface area contributed by atoms with Crippen LogP contribution < -0.4 is 11.5 Å². The molecule has 76 valence electrons.